The average Bonchev–Trinajstić information content (AvgIpc) is 3.06. The van der Waals surface area contributed by atoms with Crippen LogP contribution < -0.4 is 9.47 Å². The van der Waals surface area contributed by atoms with Gasteiger partial charge in [-0.2, -0.15) is 8.78 Å². The number of hydrogen-bond acceptors (Lipinski definition) is 5. The van der Waals surface area contributed by atoms with Gasteiger partial charge >= 0.3 is 6.11 Å². The van der Waals surface area contributed by atoms with E-state index in [9.17, 15) is 13.9 Å². The summed E-state index contributed by atoms with van der Waals surface area (Å²) in [6, 6.07) is 13.9. The van der Waals surface area contributed by atoms with Crippen LogP contribution in [-0.4, -0.2) is 32.9 Å². The minimum Gasteiger partial charge on any atom is -0.481 e. The molecule has 0 atom stereocenters. The molecule has 6 nitrogen and oxygen atoms in total. The summed E-state index contributed by atoms with van der Waals surface area (Å²) in [5, 5.41) is 11.1. The lowest BCUT2D eigenvalue weighted by atomic mass is 10.0. The highest BCUT2D eigenvalue weighted by atomic mass is 19.3. The molecule has 0 amide bonds. The largest absolute Gasteiger partial charge is 0.481 e. The van der Waals surface area contributed by atoms with Gasteiger partial charge in [-0.15, -0.1) is 0 Å². The molecule has 0 radical (unpaired) electrons. The second-order valence-electron chi connectivity index (χ2n) is 7.09. The Labute approximate surface area is 177 Å². The first-order chi connectivity index (χ1) is 14.9. The monoisotopic (exact) mass is 425 g/mol. The first-order valence-electron chi connectivity index (χ1n) is 9.63. The number of methoxy groups -OCH3 is 1. The number of aromatic nitrogens is 3. The standard InChI is InChI=1S/C23H21F2N3O3/c1-23(24,25)31-17-6-3-5-15(11-17)13-28-19(14-29)21(18-7-4-10-26-22(18)28)16-8-9-20(30-2)27-12-16/h3-12,29H,13-14H2,1-2H3. The van der Waals surface area contributed by atoms with Gasteiger partial charge in [0.1, 0.15) is 11.4 Å². The molecule has 3 heterocycles. The number of alkyl halides is 2. The minimum atomic E-state index is -3.27. The number of nitrogens with zero attached hydrogens (tertiary/aromatic N) is 3. The van der Waals surface area contributed by atoms with Crippen LogP contribution in [0.2, 0.25) is 0 Å². The van der Waals surface area contributed by atoms with Crippen molar-refractivity contribution in [2.75, 3.05) is 7.11 Å². The van der Waals surface area contributed by atoms with Crippen molar-refractivity contribution in [2.45, 2.75) is 26.2 Å². The highest BCUT2D eigenvalue weighted by Gasteiger charge is 2.23. The van der Waals surface area contributed by atoms with Gasteiger partial charge in [0.25, 0.3) is 0 Å². The van der Waals surface area contributed by atoms with Gasteiger partial charge in [-0.25, -0.2) is 9.97 Å². The number of rotatable bonds is 7. The molecule has 4 rings (SSSR count). The van der Waals surface area contributed by atoms with Crippen LogP contribution in [0.3, 0.4) is 0 Å². The Morgan fingerprint density at radius 1 is 1.10 bits per heavy atom. The first-order valence-corrected chi connectivity index (χ1v) is 9.63. The van der Waals surface area contributed by atoms with E-state index >= 15 is 0 Å². The summed E-state index contributed by atoms with van der Waals surface area (Å²) < 4.78 is 38.2. The van der Waals surface area contributed by atoms with E-state index in [1.54, 1.807) is 37.7 Å². The van der Waals surface area contributed by atoms with Crippen molar-refractivity contribution >= 4 is 11.0 Å². The van der Waals surface area contributed by atoms with Crippen LogP contribution in [0.25, 0.3) is 22.2 Å². The highest BCUT2D eigenvalue weighted by molar-refractivity contribution is 5.96. The van der Waals surface area contributed by atoms with Crippen LogP contribution >= 0.6 is 0 Å². The number of fused-ring (bicyclic) bond motifs is 1. The summed E-state index contributed by atoms with van der Waals surface area (Å²) in [5.74, 6) is 0.556. The van der Waals surface area contributed by atoms with Crippen molar-refractivity contribution in [2.24, 2.45) is 0 Å². The Hall–Kier alpha value is -3.52. The number of pyridine rings is 2. The van der Waals surface area contributed by atoms with E-state index < -0.39 is 6.11 Å². The maximum absolute atomic E-state index is 13.3. The summed E-state index contributed by atoms with van der Waals surface area (Å²) in [7, 11) is 1.54. The second kappa shape index (κ2) is 8.31. The molecule has 1 N–H and O–H groups in total. The molecule has 0 aliphatic carbocycles. The van der Waals surface area contributed by atoms with Crippen LogP contribution in [0.15, 0.2) is 60.9 Å². The van der Waals surface area contributed by atoms with E-state index in [-0.39, 0.29) is 12.4 Å². The van der Waals surface area contributed by atoms with E-state index in [1.165, 1.54) is 6.07 Å². The third kappa shape index (κ3) is 4.34. The van der Waals surface area contributed by atoms with Crippen molar-refractivity contribution in [3.8, 4) is 22.8 Å². The second-order valence-corrected chi connectivity index (χ2v) is 7.09. The molecule has 1 aromatic carbocycles. The number of aliphatic hydroxyl groups excluding tert-OH is 1. The highest BCUT2D eigenvalue weighted by Crippen LogP contribution is 2.35. The van der Waals surface area contributed by atoms with Crippen molar-refractivity contribution in [1.29, 1.82) is 0 Å². The van der Waals surface area contributed by atoms with Crippen LogP contribution in [-0.2, 0) is 13.2 Å². The topological polar surface area (TPSA) is 69.4 Å². The number of benzene rings is 1. The van der Waals surface area contributed by atoms with E-state index in [0.717, 1.165) is 22.1 Å². The quantitative estimate of drug-likeness (QED) is 0.467. The fourth-order valence-corrected chi connectivity index (χ4v) is 3.63. The summed E-state index contributed by atoms with van der Waals surface area (Å²) >= 11 is 0. The lowest BCUT2D eigenvalue weighted by molar-refractivity contribution is -0.158. The first kappa shape index (κ1) is 20.7. The van der Waals surface area contributed by atoms with Gasteiger partial charge in [0.15, 0.2) is 0 Å². The number of aliphatic hydroxyl groups is 1. The lowest BCUT2D eigenvalue weighted by Gasteiger charge is -2.15. The summed E-state index contributed by atoms with van der Waals surface area (Å²) in [5.41, 5.74) is 3.67. The minimum absolute atomic E-state index is 0.0690. The third-order valence-corrected chi connectivity index (χ3v) is 4.85. The maximum Gasteiger partial charge on any atom is 0.394 e. The molecule has 0 saturated carbocycles. The van der Waals surface area contributed by atoms with Gasteiger partial charge in [0, 0.05) is 48.4 Å². The summed E-state index contributed by atoms with van der Waals surface area (Å²) in [6.45, 7) is 0.780. The molecule has 3 aromatic heterocycles. The lowest BCUT2D eigenvalue weighted by Crippen LogP contribution is -2.19. The molecule has 0 unspecified atom stereocenters. The molecule has 0 fully saturated rings. The SMILES string of the molecule is COc1ccc(-c2c(CO)n(Cc3cccc(OC(C)(F)F)c3)c3ncccc23)cn1. The zero-order chi connectivity index (χ0) is 22.0. The smallest absolute Gasteiger partial charge is 0.394 e. The van der Waals surface area contributed by atoms with Crippen LogP contribution in [0.5, 0.6) is 11.6 Å². The van der Waals surface area contributed by atoms with Crippen molar-refractivity contribution in [3.05, 3.63) is 72.2 Å². The predicted molar refractivity (Wildman–Crippen MR) is 112 cm³/mol. The molecule has 4 aromatic rings. The number of ether oxygens (including phenoxy) is 2. The molecule has 0 spiro atoms. The van der Waals surface area contributed by atoms with Gasteiger partial charge < -0.3 is 19.1 Å². The van der Waals surface area contributed by atoms with E-state index in [1.807, 2.05) is 28.8 Å². The molecule has 160 valence electrons. The van der Waals surface area contributed by atoms with Gasteiger partial charge in [-0.05, 0) is 35.9 Å². The molecule has 0 saturated heterocycles. The molecular formula is C23H21F2N3O3. The maximum atomic E-state index is 13.3. The fraction of sp³-hybridized carbons (Fsp3) is 0.217. The fourth-order valence-electron chi connectivity index (χ4n) is 3.63. The van der Waals surface area contributed by atoms with Crippen molar-refractivity contribution in [1.82, 2.24) is 14.5 Å². The van der Waals surface area contributed by atoms with E-state index in [2.05, 4.69) is 9.97 Å². The van der Waals surface area contributed by atoms with Crippen LogP contribution in [0.1, 0.15) is 18.2 Å². The molecule has 0 aliphatic heterocycles. The average molecular weight is 425 g/mol. The van der Waals surface area contributed by atoms with Crippen LogP contribution in [0.4, 0.5) is 8.78 Å². The molecule has 8 heteroatoms. The van der Waals surface area contributed by atoms with Crippen LogP contribution in [0, 0.1) is 0 Å². The molecule has 0 aliphatic rings. The summed E-state index contributed by atoms with van der Waals surface area (Å²) in [6.07, 6.45) is 0.0836. The van der Waals surface area contributed by atoms with E-state index in [0.29, 0.717) is 30.7 Å². The third-order valence-electron chi connectivity index (χ3n) is 4.85. The normalized spacial score (nSPS) is 11.6. The Kier molecular flexibility index (Phi) is 5.56. The number of halogens is 2. The Balaban J connectivity index is 1.81. The number of hydrogen-bond donors (Lipinski definition) is 1. The molecule has 0 bridgehead atoms. The van der Waals surface area contributed by atoms with Gasteiger partial charge in [-0.3, -0.25) is 0 Å². The molecule has 31 heavy (non-hydrogen) atoms. The van der Waals surface area contributed by atoms with E-state index in [4.69, 9.17) is 9.47 Å². The predicted octanol–water partition coefficient (Wildman–Crippen LogP) is 4.64. The zero-order valence-electron chi connectivity index (χ0n) is 17.0. The van der Waals surface area contributed by atoms with Gasteiger partial charge in [0.05, 0.1) is 19.4 Å². The molecular weight excluding hydrogens is 404 g/mol. The Morgan fingerprint density at radius 3 is 2.61 bits per heavy atom. The summed E-state index contributed by atoms with van der Waals surface area (Å²) in [4.78, 5) is 8.78. The zero-order valence-corrected chi connectivity index (χ0v) is 17.0. The van der Waals surface area contributed by atoms with Crippen molar-refractivity contribution in [3.63, 3.8) is 0 Å². The Morgan fingerprint density at radius 2 is 1.94 bits per heavy atom. The van der Waals surface area contributed by atoms with Gasteiger partial charge in [0.2, 0.25) is 5.88 Å². The van der Waals surface area contributed by atoms with Crippen molar-refractivity contribution < 1.29 is 23.4 Å². The van der Waals surface area contributed by atoms with Gasteiger partial charge in [-0.1, -0.05) is 12.1 Å². The Bertz CT molecular complexity index is 1200.